The number of benzene rings is 2. The topological polar surface area (TPSA) is 45.5 Å². The van der Waals surface area contributed by atoms with Crippen LogP contribution in [0.3, 0.4) is 0 Å². The fraction of sp³-hybridized carbons (Fsp3) is 0.318. The highest BCUT2D eigenvalue weighted by Gasteiger charge is 2.52. The van der Waals surface area contributed by atoms with Crippen LogP contribution in [0.5, 0.6) is 5.75 Å². The number of nitrogens with zero attached hydrogens (tertiary/aromatic N) is 2. The van der Waals surface area contributed by atoms with Gasteiger partial charge in [0, 0.05) is 17.9 Å². The summed E-state index contributed by atoms with van der Waals surface area (Å²) in [5.74, 6) is 0.825. The maximum atomic E-state index is 6.10. The molecule has 1 fully saturated rings. The molecule has 3 aromatic rings. The summed E-state index contributed by atoms with van der Waals surface area (Å²) in [7, 11) is -0.410. The van der Waals surface area contributed by atoms with Crippen molar-refractivity contribution in [2.24, 2.45) is 0 Å². The van der Waals surface area contributed by atoms with Gasteiger partial charge >= 0.3 is 7.12 Å². The maximum Gasteiger partial charge on any atom is 0.498 e. The molecule has 0 amide bonds. The van der Waals surface area contributed by atoms with E-state index < -0.39 is 7.12 Å². The summed E-state index contributed by atoms with van der Waals surface area (Å²) in [5, 5.41) is 4.47. The van der Waals surface area contributed by atoms with Gasteiger partial charge in [0.25, 0.3) is 0 Å². The van der Waals surface area contributed by atoms with Gasteiger partial charge in [0.1, 0.15) is 12.4 Å². The molecule has 0 radical (unpaired) electrons. The summed E-state index contributed by atoms with van der Waals surface area (Å²) in [6.45, 7) is 8.74. The first-order valence-corrected chi connectivity index (χ1v) is 9.51. The predicted molar refractivity (Wildman–Crippen MR) is 110 cm³/mol. The van der Waals surface area contributed by atoms with Gasteiger partial charge in [-0.3, -0.25) is 0 Å². The van der Waals surface area contributed by atoms with Crippen molar-refractivity contribution in [1.82, 2.24) is 9.78 Å². The second kappa shape index (κ2) is 7.11. The average Bonchev–Trinajstić information content (AvgIpc) is 3.24. The molecule has 1 aromatic heterocycles. The van der Waals surface area contributed by atoms with E-state index in [-0.39, 0.29) is 11.2 Å². The molecule has 0 atom stereocenters. The summed E-state index contributed by atoms with van der Waals surface area (Å²) in [6.07, 6.45) is 3.74. The highest BCUT2D eigenvalue weighted by molar-refractivity contribution is 6.62. The van der Waals surface area contributed by atoms with E-state index in [4.69, 9.17) is 14.0 Å². The molecule has 0 saturated carbocycles. The number of hydrogen-bond donors (Lipinski definition) is 0. The van der Waals surface area contributed by atoms with Gasteiger partial charge in [-0.25, -0.2) is 4.68 Å². The molecule has 2 heterocycles. The summed E-state index contributed by atoms with van der Waals surface area (Å²) < 4.78 is 19.9. The van der Waals surface area contributed by atoms with Gasteiger partial charge in [-0.2, -0.15) is 5.10 Å². The molecule has 1 aliphatic heterocycles. The van der Waals surface area contributed by atoms with Crippen molar-refractivity contribution in [3.05, 3.63) is 72.6 Å². The molecule has 144 valence electrons. The van der Waals surface area contributed by atoms with Gasteiger partial charge in [-0.15, -0.1) is 0 Å². The van der Waals surface area contributed by atoms with Gasteiger partial charge < -0.3 is 14.0 Å². The maximum absolute atomic E-state index is 6.10. The molecule has 1 saturated heterocycles. The molecule has 0 unspecified atom stereocenters. The van der Waals surface area contributed by atoms with Crippen LogP contribution < -0.4 is 10.2 Å². The third-order valence-corrected chi connectivity index (χ3v) is 5.48. The lowest BCUT2D eigenvalue weighted by atomic mass is 9.82. The molecule has 2 aromatic carbocycles. The van der Waals surface area contributed by atoms with E-state index in [2.05, 4.69) is 17.2 Å². The highest BCUT2D eigenvalue weighted by Crippen LogP contribution is 2.36. The van der Waals surface area contributed by atoms with Crippen LogP contribution in [-0.2, 0) is 15.9 Å². The summed E-state index contributed by atoms with van der Waals surface area (Å²) >= 11 is 0. The first-order valence-electron chi connectivity index (χ1n) is 9.51. The van der Waals surface area contributed by atoms with Crippen molar-refractivity contribution in [3.8, 4) is 11.4 Å². The van der Waals surface area contributed by atoms with Crippen LogP contribution in [0.25, 0.3) is 5.69 Å². The van der Waals surface area contributed by atoms with E-state index in [1.54, 1.807) is 6.20 Å². The third-order valence-electron chi connectivity index (χ3n) is 5.48. The van der Waals surface area contributed by atoms with Crippen molar-refractivity contribution >= 4 is 12.6 Å². The van der Waals surface area contributed by atoms with E-state index in [0.717, 1.165) is 22.5 Å². The molecular weight excluding hydrogens is 351 g/mol. The summed E-state index contributed by atoms with van der Waals surface area (Å²) in [5.41, 5.74) is 2.28. The number of ether oxygens (including phenoxy) is 1. The van der Waals surface area contributed by atoms with Crippen LogP contribution in [0.1, 0.15) is 33.3 Å². The van der Waals surface area contributed by atoms with Crippen molar-refractivity contribution in [2.75, 3.05) is 0 Å². The zero-order chi connectivity index (χ0) is 19.8. The van der Waals surface area contributed by atoms with Crippen molar-refractivity contribution in [2.45, 2.75) is 45.5 Å². The Balaban J connectivity index is 1.43. The van der Waals surface area contributed by atoms with Gasteiger partial charge in [0.15, 0.2) is 0 Å². The minimum Gasteiger partial charge on any atom is -0.489 e. The quantitative estimate of drug-likeness (QED) is 0.637. The Hall–Kier alpha value is -2.57. The summed E-state index contributed by atoms with van der Waals surface area (Å²) in [6, 6.07) is 18.0. The van der Waals surface area contributed by atoms with Crippen molar-refractivity contribution in [1.29, 1.82) is 0 Å². The molecule has 0 aliphatic carbocycles. The second-order valence-electron chi connectivity index (χ2n) is 8.07. The lowest BCUT2D eigenvalue weighted by Crippen LogP contribution is -2.41. The van der Waals surface area contributed by atoms with Crippen LogP contribution in [0.15, 0.2) is 67.0 Å². The van der Waals surface area contributed by atoms with Gasteiger partial charge in [0.05, 0.1) is 16.9 Å². The molecule has 6 heteroatoms. The highest BCUT2D eigenvalue weighted by atomic mass is 16.7. The molecule has 0 spiro atoms. The number of aromatic nitrogens is 2. The Morgan fingerprint density at radius 3 is 2.21 bits per heavy atom. The minimum atomic E-state index is -0.410. The molecule has 0 bridgehead atoms. The fourth-order valence-corrected chi connectivity index (χ4v) is 3.01. The van der Waals surface area contributed by atoms with Gasteiger partial charge in [0.2, 0.25) is 0 Å². The Morgan fingerprint density at radius 1 is 0.929 bits per heavy atom. The molecule has 28 heavy (non-hydrogen) atoms. The van der Waals surface area contributed by atoms with Crippen LogP contribution in [0.4, 0.5) is 0 Å². The predicted octanol–water partition coefficient (Wildman–Crippen LogP) is 3.75. The molecule has 4 rings (SSSR count). The largest absolute Gasteiger partial charge is 0.498 e. The van der Waals surface area contributed by atoms with E-state index >= 15 is 0 Å². The Bertz CT molecular complexity index is 920. The van der Waals surface area contributed by atoms with Gasteiger partial charge in [-0.05, 0) is 57.5 Å². The van der Waals surface area contributed by atoms with Crippen LogP contribution in [-0.4, -0.2) is 28.1 Å². The Kier molecular flexibility index (Phi) is 4.77. The van der Waals surface area contributed by atoms with Crippen LogP contribution >= 0.6 is 0 Å². The normalized spacial score (nSPS) is 17.6. The first-order chi connectivity index (χ1) is 13.3. The van der Waals surface area contributed by atoms with E-state index in [0.29, 0.717) is 6.61 Å². The number of hydrogen-bond acceptors (Lipinski definition) is 4. The molecule has 0 N–H and O–H groups in total. The zero-order valence-electron chi connectivity index (χ0n) is 16.8. The smallest absolute Gasteiger partial charge is 0.489 e. The number of rotatable bonds is 5. The molecule has 1 aliphatic rings. The Morgan fingerprint density at radius 2 is 1.57 bits per heavy atom. The minimum absolute atomic E-state index is 0.364. The zero-order valence-corrected chi connectivity index (χ0v) is 16.8. The summed E-state index contributed by atoms with van der Waals surface area (Å²) in [4.78, 5) is 0. The van der Waals surface area contributed by atoms with Crippen molar-refractivity contribution < 1.29 is 14.0 Å². The van der Waals surface area contributed by atoms with E-state index in [9.17, 15) is 0 Å². The lowest BCUT2D eigenvalue weighted by molar-refractivity contribution is 0.00578. The van der Waals surface area contributed by atoms with Crippen LogP contribution in [0.2, 0.25) is 0 Å². The standard InChI is InChI=1S/C22H25BN2O3/c1-21(2)22(3,4)28-23(27-21)18-14-24-25(15-18)19-10-12-20(13-11-19)26-16-17-8-6-5-7-9-17/h5-15H,16H2,1-4H3. The van der Waals surface area contributed by atoms with Crippen LogP contribution in [0, 0.1) is 0 Å². The van der Waals surface area contributed by atoms with E-state index in [1.807, 2.05) is 81.0 Å². The van der Waals surface area contributed by atoms with Crippen molar-refractivity contribution in [3.63, 3.8) is 0 Å². The average molecular weight is 376 g/mol. The first kappa shape index (κ1) is 18.8. The SMILES string of the molecule is CC1(C)OB(c2cnn(-c3ccc(OCc4ccccc4)cc3)c2)OC1(C)C. The van der Waals surface area contributed by atoms with E-state index in [1.165, 1.54) is 0 Å². The fourth-order valence-electron chi connectivity index (χ4n) is 3.01. The molecule has 5 nitrogen and oxygen atoms in total. The third kappa shape index (κ3) is 3.70. The lowest BCUT2D eigenvalue weighted by Gasteiger charge is -2.32. The monoisotopic (exact) mass is 376 g/mol. The second-order valence-corrected chi connectivity index (χ2v) is 8.07. The molecular formula is C22H25BN2O3. The van der Waals surface area contributed by atoms with Gasteiger partial charge in [-0.1, -0.05) is 30.3 Å². The Labute approximate surface area is 166 Å².